The van der Waals surface area contributed by atoms with Crippen LogP contribution < -0.4 is 11.3 Å². The third-order valence-electron chi connectivity index (χ3n) is 3.64. The molecule has 4 heteroatoms. The second kappa shape index (κ2) is 10.6. The molecule has 3 N–H and O–H groups in total. The monoisotopic (exact) mass is 360 g/mol. The molecule has 0 radical (unpaired) electrons. The summed E-state index contributed by atoms with van der Waals surface area (Å²) in [5, 5.41) is 0.737. The molecule has 0 spiro atoms. The van der Waals surface area contributed by atoms with Crippen molar-refractivity contribution in [3.8, 4) is 0 Å². The third kappa shape index (κ3) is 6.57. The molecule has 2 nitrogen and oxygen atoms in total. The Morgan fingerprint density at radius 2 is 1.80 bits per heavy atom. The zero-order valence-corrected chi connectivity index (χ0v) is 14.6. The molecule has 0 fully saturated rings. The highest BCUT2D eigenvalue weighted by Crippen LogP contribution is 2.28. The summed E-state index contributed by atoms with van der Waals surface area (Å²) in [6.45, 7) is 2.25. The number of hydrogen-bond donors (Lipinski definition) is 2. The van der Waals surface area contributed by atoms with Gasteiger partial charge in [-0.25, -0.2) is 0 Å². The summed E-state index contributed by atoms with van der Waals surface area (Å²) in [5.74, 6) is 5.68. The fourth-order valence-corrected chi connectivity index (χ4v) is 2.89. The number of unbranched alkanes of at least 4 members (excludes halogenated alkanes) is 6. The van der Waals surface area contributed by atoms with E-state index in [-0.39, 0.29) is 6.04 Å². The highest BCUT2D eigenvalue weighted by Gasteiger charge is 2.10. The predicted molar refractivity (Wildman–Crippen MR) is 91.8 cm³/mol. The summed E-state index contributed by atoms with van der Waals surface area (Å²) < 4.78 is 0.927. The van der Waals surface area contributed by atoms with Crippen molar-refractivity contribution in [2.45, 2.75) is 64.3 Å². The molecule has 0 aliphatic heterocycles. The Kier molecular flexibility index (Phi) is 9.53. The van der Waals surface area contributed by atoms with Crippen molar-refractivity contribution in [2.75, 3.05) is 0 Å². The molecule has 1 aromatic rings. The smallest absolute Gasteiger partial charge is 0.0548 e. The zero-order valence-electron chi connectivity index (χ0n) is 12.3. The third-order valence-corrected chi connectivity index (χ3v) is 4.86. The Hall–Kier alpha value is -0.0900. The van der Waals surface area contributed by atoms with Crippen LogP contribution in [0.15, 0.2) is 22.7 Å². The van der Waals surface area contributed by atoms with Gasteiger partial charge in [0.1, 0.15) is 0 Å². The molecule has 0 aliphatic carbocycles. The molecule has 0 aromatic heterocycles. The molecule has 1 aromatic carbocycles. The maximum Gasteiger partial charge on any atom is 0.0548 e. The molecule has 0 heterocycles. The molecule has 114 valence electrons. The number of rotatable bonds is 10. The molecule has 1 atom stereocenters. The van der Waals surface area contributed by atoms with Crippen molar-refractivity contribution in [3.05, 3.63) is 33.3 Å². The minimum atomic E-state index is 0.208. The van der Waals surface area contributed by atoms with Gasteiger partial charge in [0.15, 0.2) is 0 Å². The number of halogens is 2. The molecular formula is C16H26BrClN2. The van der Waals surface area contributed by atoms with Gasteiger partial charge in [-0.15, -0.1) is 0 Å². The van der Waals surface area contributed by atoms with E-state index in [9.17, 15) is 0 Å². The van der Waals surface area contributed by atoms with Crippen LogP contribution in [0.3, 0.4) is 0 Å². The van der Waals surface area contributed by atoms with E-state index in [0.717, 1.165) is 15.9 Å². The fourth-order valence-electron chi connectivity index (χ4n) is 2.38. The van der Waals surface area contributed by atoms with Crippen molar-refractivity contribution < 1.29 is 0 Å². The first-order valence-corrected chi connectivity index (χ1v) is 8.77. The molecule has 0 amide bonds. The second-order valence-electron chi connectivity index (χ2n) is 5.30. The van der Waals surface area contributed by atoms with Gasteiger partial charge >= 0.3 is 0 Å². The van der Waals surface area contributed by atoms with Crippen LogP contribution in [0.1, 0.15) is 69.9 Å². The lowest BCUT2D eigenvalue weighted by Gasteiger charge is -2.17. The summed E-state index contributed by atoms with van der Waals surface area (Å²) in [6.07, 6.45) is 10.3. The lowest BCUT2D eigenvalue weighted by Crippen LogP contribution is -2.28. The van der Waals surface area contributed by atoms with Gasteiger partial charge in [-0.3, -0.25) is 11.3 Å². The lowest BCUT2D eigenvalue weighted by atomic mass is 10.00. The highest BCUT2D eigenvalue weighted by atomic mass is 79.9. The summed E-state index contributed by atoms with van der Waals surface area (Å²) in [5.41, 5.74) is 4.10. The van der Waals surface area contributed by atoms with Crippen LogP contribution in [-0.2, 0) is 0 Å². The summed E-state index contributed by atoms with van der Waals surface area (Å²) >= 11 is 9.48. The van der Waals surface area contributed by atoms with Crippen molar-refractivity contribution in [2.24, 2.45) is 5.84 Å². The van der Waals surface area contributed by atoms with Crippen LogP contribution in [0.2, 0.25) is 5.02 Å². The Morgan fingerprint density at radius 1 is 1.15 bits per heavy atom. The largest absolute Gasteiger partial charge is 0.271 e. The number of benzene rings is 1. The fraction of sp³-hybridized carbons (Fsp3) is 0.625. The summed E-state index contributed by atoms with van der Waals surface area (Å²) in [4.78, 5) is 0. The molecule has 0 saturated heterocycles. The Morgan fingerprint density at radius 3 is 2.40 bits per heavy atom. The Labute approximate surface area is 136 Å². The Bertz CT molecular complexity index is 385. The molecule has 0 bridgehead atoms. The number of hydrazine groups is 1. The first kappa shape index (κ1) is 18.0. The number of nitrogens with two attached hydrogens (primary N) is 1. The van der Waals surface area contributed by atoms with E-state index in [0.29, 0.717) is 0 Å². The van der Waals surface area contributed by atoms with Crippen LogP contribution in [-0.4, -0.2) is 0 Å². The molecule has 1 rings (SSSR count). The van der Waals surface area contributed by atoms with Crippen molar-refractivity contribution in [3.63, 3.8) is 0 Å². The van der Waals surface area contributed by atoms with Crippen molar-refractivity contribution in [1.29, 1.82) is 0 Å². The highest BCUT2D eigenvalue weighted by molar-refractivity contribution is 9.10. The van der Waals surface area contributed by atoms with E-state index in [1.807, 2.05) is 18.2 Å². The van der Waals surface area contributed by atoms with Gasteiger partial charge in [-0.05, 0) is 40.0 Å². The van der Waals surface area contributed by atoms with Gasteiger partial charge in [0.2, 0.25) is 0 Å². The minimum absolute atomic E-state index is 0.208. The van der Waals surface area contributed by atoms with Crippen molar-refractivity contribution in [1.82, 2.24) is 5.43 Å². The first-order chi connectivity index (χ1) is 9.69. The van der Waals surface area contributed by atoms with E-state index in [1.54, 1.807) is 0 Å². The van der Waals surface area contributed by atoms with Gasteiger partial charge in [-0.1, -0.05) is 69.5 Å². The normalized spacial score (nSPS) is 12.6. The molecule has 0 aliphatic rings. The van der Waals surface area contributed by atoms with Gasteiger partial charge in [0, 0.05) is 10.5 Å². The van der Waals surface area contributed by atoms with Crippen LogP contribution in [0, 0.1) is 0 Å². The SMILES string of the molecule is CCCCCCCCCC(NN)c1ccc(Cl)c(Br)c1. The number of hydrogen-bond acceptors (Lipinski definition) is 2. The first-order valence-electron chi connectivity index (χ1n) is 7.60. The zero-order chi connectivity index (χ0) is 14.8. The Balaban J connectivity index is 2.30. The van der Waals surface area contributed by atoms with Crippen LogP contribution in [0.4, 0.5) is 0 Å². The second-order valence-corrected chi connectivity index (χ2v) is 6.56. The van der Waals surface area contributed by atoms with E-state index >= 15 is 0 Å². The minimum Gasteiger partial charge on any atom is -0.271 e. The molecular weight excluding hydrogens is 336 g/mol. The van der Waals surface area contributed by atoms with Crippen LogP contribution >= 0.6 is 27.5 Å². The lowest BCUT2D eigenvalue weighted by molar-refractivity contribution is 0.475. The van der Waals surface area contributed by atoms with Gasteiger partial charge in [0.05, 0.1) is 5.02 Å². The van der Waals surface area contributed by atoms with Crippen LogP contribution in [0.25, 0.3) is 0 Å². The molecule has 1 unspecified atom stereocenters. The standard InChI is InChI=1S/C16H26BrClN2/c1-2-3-4-5-6-7-8-9-16(20-19)13-10-11-15(18)14(17)12-13/h10-12,16,20H,2-9,19H2,1H3. The number of nitrogens with one attached hydrogen (secondary N) is 1. The van der Waals surface area contributed by atoms with E-state index in [1.165, 1.54) is 50.5 Å². The van der Waals surface area contributed by atoms with Gasteiger partial charge < -0.3 is 0 Å². The van der Waals surface area contributed by atoms with E-state index in [4.69, 9.17) is 17.4 Å². The topological polar surface area (TPSA) is 38.0 Å². The van der Waals surface area contributed by atoms with Gasteiger partial charge in [0.25, 0.3) is 0 Å². The quantitative estimate of drug-likeness (QED) is 0.316. The molecule has 20 heavy (non-hydrogen) atoms. The average molecular weight is 362 g/mol. The average Bonchev–Trinajstić information content (AvgIpc) is 2.45. The maximum atomic E-state index is 6.02. The molecule has 0 saturated carbocycles. The predicted octanol–water partition coefficient (Wildman–Crippen LogP) is 5.75. The summed E-state index contributed by atoms with van der Waals surface area (Å²) in [7, 11) is 0. The van der Waals surface area contributed by atoms with Crippen molar-refractivity contribution >= 4 is 27.5 Å². The van der Waals surface area contributed by atoms with Gasteiger partial charge in [-0.2, -0.15) is 0 Å². The van der Waals surface area contributed by atoms with E-state index in [2.05, 4.69) is 28.3 Å². The van der Waals surface area contributed by atoms with E-state index < -0.39 is 0 Å². The maximum absolute atomic E-state index is 6.02. The summed E-state index contributed by atoms with van der Waals surface area (Å²) in [6, 6.07) is 6.21. The van der Waals surface area contributed by atoms with Crippen LogP contribution in [0.5, 0.6) is 0 Å².